The lowest BCUT2D eigenvalue weighted by atomic mass is 9.67. The molecule has 1 aliphatic heterocycles. The summed E-state index contributed by atoms with van der Waals surface area (Å²) in [5.74, 6) is 0. The third-order valence-corrected chi connectivity index (χ3v) is 14.9. The van der Waals surface area contributed by atoms with E-state index >= 15 is 0 Å². The van der Waals surface area contributed by atoms with E-state index in [0.717, 1.165) is 17.1 Å². The average Bonchev–Trinajstić information content (AvgIpc) is 3.67. The lowest BCUT2D eigenvalue weighted by Gasteiger charge is -2.39. The molecule has 0 unspecified atom stereocenters. The molecule has 0 saturated heterocycles. The van der Waals surface area contributed by atoms with Crippen molar-refractivity contribution in [1.82, 2.24) is 0 Å². The van der Waals surface area contributed by atoms with E-state index in [1.807, 2.05) is 11.8 Å². The standard InChI is InChI=1S/C63H41NS/c1-2-12-42(13-3-1)44-24-32-51(33-25-44)64(52-34-26-45(27-35-52)49-23-22-43-14-4-5-16-48(43)40-49)53-36-28-46(29-37-53)50-30-38-55-59(41-50)63(58-39-31-47-15-6-7-17-54(47)62(55)58)56-18-8-10-20-60(56)65-61-21-11-9-19-57(61)63/h1-41H. The first-order valence-corrected chi connectivity index (χ1v) is 23.2. The van der Waals surface area contributed by atoms with Crippen LogP contribution in [0.15, 0.2) is 259 Å². The number of nitrogens with zero attached hydrogens (tertiary/aromatic N) is 1. The summed E-state index contributed by atoms with van der Waals surface area (Å²) < 4.78 is 0. The molecule has 0 saturated carbocycles. The van der Waals surface area contributed by atoms with Crippen molar-refractivity contribution in [3.8, 4) is 44.5 Å². The Morgan fingerprint density at radius 3 is 1.40 bits per heavy atom. The van der Waals surface area contributed by atoms with Gasteiger partial charge < -0.3 is 4.90 Å². The van der Waals surface area contributed by atoms with Crippen LogP contribution in [-0.2, 0) is 5.41 Å². The Hall–Kier alpha value is -7.91. The van der Waals surface area contributed by atoms with E-state index in [0.29, 0.717) is 0 Å². The van der Waals surface area contributed by atoms with E-state index in [-0.39, 0.29) is 0 Å². The van der Waals surface area contributed by atoms with Crippen LogP contribution in [0.5, 0.6) is 0 Å². The van der Waals surface area contributed by atoms with Gasteiger partial charge in [-0.25, -0.2) is 0 Å². The Bertz CT molecular complexity index is 3560. The minimum Gasteiger partial charge on any atom is -0.311 e. The molecule has 0 amide bonds. The molecule has 1 heterocycles. The third-order valence-electron chi connectivity index (χ3n) is 13.7. The van der Waals surface area contributed by atoms with Gasteiger partial charge in [-0.1, -0.05) is 200 Å². The van der Waals surface area contributed by atoms with E-state index in [1.165, 1.54) is 98.1 Å². The summed E-state index contributed by atoms with van der Waals surface area (Å²) in [6.45, 7) is 0. The molecule has 11 aromatic carbocycles. The molecule has 1 spiro atoms. The maximum absolute atomic E-state index is 2.49. The zero-order chi connectivity index (χ0) is 42.9. The molecule has 0 atom stereocenters. The first-order valence-electron chi connectivity index (χ1n) is 22.4. The Morgan fingerprint density at radius 1 is 0.292 bits per heavy atom. The summed E-state index contributed by atoms with van der Waals surface area (Å²) in [4.78, 5) is 5.00. The van der Waals surface area contributed by atoms with Gasteiger partial charge >= 0.3 is 0 Å². The van der Waals surface area contributed by atoms with E-state index in [9.17, 15) is 0 Å². The second-order valence-electron chi connectivity index (χ2n) is 17.2. The summed E-state index contributed by atoms with van der Waals surface area (Å²) >= 11 is 1.89. The Morgan fingerprint density at radius 2 is 0.754 bits per heavy atom. The minimum atomic E-state index is -0.454. The number of hydrogen-bond donors (Lipinski definition) is 0. The third kappa shape index (κ3) is 6.02. The summed E-state index contributed by atoms with van der Waals surface area (Å²) in [5.41, 5.74) is 18.1. The van der Waals surface area contributed by atoms with Crippen LogP contribution in [0, 0.1) is 0 Å². The molecule has 1 nitrogen and oxygen atoms in total. The molecule has 13 rings (SSSR count). The van der Waals surface area contributed by atoms with Crippen LogP contribution in [0.25, 0.3) is 66.1 Å². The molecule has 1 aliphatic carbocycles. The normalized spacial score (nSPS) is 13.0. The fraction of sp³-hybridized carbons (Fsp3) is 0.0159. The van der Waals surface area contributed by atoms with Crippen molar-refractivity contribution in [3.63, 3.8) is 0 Å². The van der Waals surface area contributed by atoms with Gasteiger partial charge in [0.1, 0.15) is 0 Å². The van der Waals surface area contributed by atoms with Crippen LogP contribution in [0.2, 0.25) is 0 Å². The second kappa shape index (κ2) is 15.1. The first kappa shape index (κ1) is 37.6. The number of rotatable bonds is 6. The Labute approximate surface area is 383 Å². The second-order valence-corrected chi connectivity index (χ2v) is 18.3. The van der Waals surface area contributed by atoms with E-state index in [2.05, 4.69) is 254 Å². The topological polar surface area (TPSA) is 3.24 Å². The van der Waals surface area contributed by atoms with Crippen molar-refractivity contribution in [1.29, 1.82) is 0 Å². The van der Waals surface area contributed by atoms with Gasteiger partial charge in [0.25, 0.3) is 0 Å². The average molecular weight is 844 g/mol. The van der Waals surface area contributed by atoms with Crippen LogP contribution >= 0.6 is 11.8 Å². The van der Waals surface area contributed by atoms with Crippen LogP contribution in [0.1, 0.15) is 22.3 Å². The molecule has 65 heavy (non-hydrogen) atoms. The first-order chi connectivity index (χ1) is 32.2. The van der Waals surface area contributed by atoms with Gasteiger partial charge in [-0.05, 0) is 149 Å². The summed E-state index contributed by atoms with van der Waals surface area (Å²) in [5, 5.41) is 5.07. The molecule has 304 valence electrons. The molecule has 11 aromatic rings. The molecule has 0 N–H and O–H groups in total. The number of benzene rings is 11. The van der Waals surface area contributed by atoms with Gasteiger partial charge in [-0.2, -0.15) is 0 Å². The lowest BCUT2D eigenvalue weighted by molar-refractivity contribution is 0.723. The highest BCUT2D eigenvalue weighted by Crippen LogP contribution is 2.63. The summed E-state index contributed by atoms with van der Waals surface area (Å²) in [6, 6.07) is 92.0. The highest BCUT2D eigenvalue weighted by atomic mass is 32.2. The SMILES string of the molecule is c1ccc(-c2ccc(N(c3ccc(-c4ccc5c(c4)C4(c6ccccc6Sc6ccccc64)c4ccc6ccccc6c4-5)cc3)c3ccc(-c4ccc5ccccc5c4)cc3)cc2)cc1. The van der Waals surface area contributed by atoms with E-state index < -0.39 is 5.41 Å². The monoisotopic (exact) mass is 843 g/mol. The Kier molecular flexibility index (Phi) is 8.76. The maximum atomic E-state index is 2.49. The lowest BCUT2D eigenvalue weighted by Crippen LogP contribution is -2.32. The van der Waals surface area contributed by atoms with Gasteiger partial charge in [-0.15, -0.1) is 0 Å². The predicted molar refractivity (Wildman–Crippen MR) is 274 cm³/mol. The molecule has 0 radical (unpaired) electrons. The maximum Gasteiger partial charge on any atom is 0.0735 e. The van der Waals surface area contributed by atoms with E-state index in [4.69, 9.17) is 0 Å². The van der Waals surface area contributed by atoms with Crippen LogP contribution < -0.4 is 4.90 Å². The zero-order valence-corrected chi connectivity index (χ0v) is 36.3. The summed E-state index contributed by atoms with van der Waals surface area (Å²) in [6.07, 6.45) is 0. The fourth-order valence-corrected chi connectivity index (χ4v) is 11.9. The molecule has 2 heteroatoms. The van der Waals surface area contributed by atoms with Crippen LogP contribution in [0.3, 0.4) is 0 Å². The fourth-order valence-electron chi connectivity index (χ4n) is 10.7. The van der Waals surface area contributed by atoms with Crippen molar-refractivity contribution < 1.29 is 0 Å². The van der Waals surface area contributed by atoms with Gasteiger partial charge in [0.05, 0.1) is 5.41 Å². The highest BCUT2D eigenvalue weighted by molar-refractivity contribution is 7.99. The Balaban J connectivity index is 0.932. The quantitative estimate of drug-likeness (QED) is 0.164. The smallest absolute Gasteiger partial charge is 0.0735 e. The van der Waals surface area contributed by atoms with Crippen molar-refractivity contribution >= 4 is 50.4 Å². The molecular formula is C63H41NS. The number of hydrogen-bond acceptors (Lipinski definition) is 2. The molecular weight excluding hydrogens is 803 g/mol. The van der Waals surface area contributed by atoms with Crippen molar-refractivity contribution in [2.24, 2.45) is 0 Å². The van der Waals surface area contributed by atoms with Gasteiger partial charge in [0, 0.05) is 26.9 Å². The zero-order valence-electron chi connectivity index (χ0n) is 35.5. The highest BCUT2D eigenvalue weighted by Gasteiger charge is 2.50. The van der Waals surface area contributed by atoms with Crippen LogP contribution in [-0.4, -0.2) is 0 Å². The van der Waals surface area contributed by atoms with E-state index in [1.54, 1.807) is 0 Å². The van der Waals surface area contributed by atoms with Gasteiger partial charge in [-0.3, -0.25) is 0 Å². The number of anilines is 3. The van der Waals surface area contributed by atoms with Crippen molar-refractivity contribution in [2.75, 3.05) is 4.90 Å². The number of fused-ring (bicyclic) bond motifs is 12. The van der Waals surface area contributed by atoms with Gasteiger partial charge in [0.15, 0.2) is 0 Å². The van der Waals surface area contributed by atoms with Gasteiger partial charge in [0.2, 0.25) is 0 Å². The van der Waals surface area contributed by atoms with Crippen LogP contribution in [0.4, 0.5) is 17.1 Å². The largest absolute Gasteiger partial charge is 0.311 e. The van der Waals surface area contributed by atoms with Crippen molar-refractivity contribution in [2.45, 2.75) is 15.2 Å². The molecule has 0 aromatic heterocycles. The predicted octanol–water partition coefficient (Wildman–Crippen LogP) is 17.3. The summed E-state index contributed by atoms with van der Waals surface area (Å²) in [7, 11) is 0. The molecule has 0 bridgehead atoms. The molecule has 0 fully saturated rings. The van der Waals surface area contributed by atoms with Crippen molar-refractivity contribution in [3.05, 3.63) is 271 Å². The molecule has 2 aliphatic rings. The minimum absolute atomic E-state index is 0.454.